The van der Waals surface area contributed by atoms with Crippen LogP contribution in [-0.2, 0) is 14.8 Å². The number of piperazine rings is 1. The van der Waals surface area contributed by atoms with E-state index in [4.69, 9.17) is 27.9 Å². The molecule has 0 aliphatic carbocycles. The SMILES string of the molecule is COCCN1C(C)CN(S(=O)(=O)c2cnc(Cl)c(Cl)c2)CC1C. The van der Waals surface area contributed by atoms with Crippen molar-refractivity contribution in [1.29, 1.82) is 0 Å². The van der Waals surface area contributed by atoms with E-state index in [1.54, 1.807) is 7.11 Å². The molecule has 0 aromatic carbocycles. The zero-order valence-electron chi connectivity index (χ0n) is 13.4. The highest BCUT2D eigenvalue weighted by atomic mass is 35.5. The minimum absolute atomic E-state index is 0.0663. The van der Waals surface area contributed by atoms with Crippen molar-refractivity contribution in [2.24, 2.45) is 0 Å². The Morgan fingerprint density at radius 1 is 1.30 bits per heavy atom. The Hall–Kier alpha value is -0.440. The molecule has 1 fully saturated rings. The monoisotopic (exact) mass is 381 g/mol. The van der Waals surface area contributed by atoms with E-state index < -0.39 is 10.0 Å². The first-order valence-electron chi connectivity index (χ1n) is 7.33. The summed E-state index contributed by atoms with van der Waals surface area (Å²) in [5.41, 5.74) is 0. The number of sulfonamides is 1. The fourth-order valence-electron chi connectivity index (χ4n) is 2.84. The van der Waals surface area contributed by atoms with Gasteiger partial charge in [0.2, 0.25) is 10.0 Å². The Kier molecular flexibility index (Phi) is 6.27. The number of ether oxygens (including phenoxy) is 1. The van der Waals surface area contributed by atoms with Gasteiger partial charge in [-0.25, -0.2) is 13.4 Å². The standard InChI is InChI=1S/C14H21Cl2N3O3S/c1-10-8-18(9-11(2)19(10)4-5-22-3)23(20,21)12-6-13(15)14(16)17-7-12/h6-7,10-11H,4-5,8-9H2,1-3H3. The number of pyridine rings is 1. The second-order valence-electron chi connectivity index (χ2n) is 5.69. The average molecular weight is 382 g/mol. The van der Waals surface area contributed by atoms with Gasteiger partial charge in [-0.1, -0.05) is 23.2 Å². The van der Waals surface area contributed by atoms with Crippen molar-refractivity contribution in [2.45, 2.75) is 30.8 Å². The summed E-state index contributed by atoms with van der Waals surface area (Å²) >= 11 is 11.7. The van der Waals surface area contributed by atoms with Crippen molar-refractivity contribution >= 4 is 33.2 Å². The molecule has 2 rings (SSSR count). The molecule has 9 heteroatoms. The van der Waals surface area contributed by atoms with Gasteiger partial charge in [0.1, 0.15) is 10.0 Å². The Morgan fingerprint density at radius 2 is 1.91 bits per heavy atom. The molecular weight excluding hydrogens is 361 g/mol. The van der Waals surface area contributed by atoms with E-state index in [0.717, 1.165) is 6.54 Å². The van der Waals surface area contributed by atoms with Crippen LogP contribution < -0.4 is 0 Å². The van der Waals surface area contributed by atoms with Gasteiger partial charge >= 0.3 is 0 Å². The molecule has 0 bridgehead atoms. The van der Waals surface area contributed by atoms with E-state index in [1.165, 1.54) is 16.6 Å². The molecule has 0 N–H and O–H groups in total. The summed E-state index contributed by atoms with van der Waals surface area (Å²) in [5.74, 6) is 0. The third-order valence-electron chi connectivity index (χ3n) is 4.03. The van der Waals surface area contributed by atoms with Crippen molar-refractivity contribution in [1.82, 2.24) is 14.2 Å². The normalized spacial score (nSPS) is 24.0. The zero-order valence-corrected chi connectivity index (χ0v) is 15.7. The summed E-state index contributed by atoms with van der Waals surface area (Å²) in [7, 11) is -1.98. The molecule has 6 nitrogen and oxygen atoms in total. The lowest BCUT2D eigenvalue weighted by molar-refractivity contribution is 0.0495. The summed E-state index contributed by atoms with van der Waals surface area (Å²) in [6.07, 6.45) is 1.25. The number of halogens is 2. The zero-order chi connectivity index (χ0) is 17.2. The molecule has 1 aliphatic heterocycles. The predicted molar refractivity (Wildman–Crippen MR) is 90.5 cm³/mol. The molecule has 2 heterocycles. The van der Waals surface area contributed by atoms with E-state index in [0.29, 0.717) is 19.7 Å². The van der Waals surface area contributed by atoms with Crippen molar-refractivity contribution in [3.05, 3.63) is 22.4 Å². The highest BCUT2D eigenvalue weighted by Gasteiger charge is 2.36. The molecule has 1 aromatic rings. The highest BCUT2D eigenvalue weighted by molar-refractivity contribution is 7.89. The maximum atomic E-state index is 12.8. The van der Waals surface area contributed by atoms with Gasteiger partial charge < -0.3 is 4.74 Å². The van der Waals surface area contributed by atoms with Crippen LogP contribution in [0, 0.1) is 0 Å². The number of hydrogen-bond donors (Lipinski definition) is 0. The molecule has 130 valence electrons. The number of hydrogen-bond acceptors (Lipinski definition) is 5. The third kappa shape index (κ3) is 4.15. The van der Waals surface area contributed by atoms with E-state index in [-0.39, 0.29) is 27.2 Å². The Labute approximate surface area is 147 Å². The van der Waals surface area contributed by atoms with E-state index >= 15 is 0 Å². The van der Waals surface area contributed by atoms with E-state index in [1.807, 2.05) is 13.8 Å². The third-order valence-corrected chi connectivity index (χ3v) is 6.51. The molecular formula is C14H21Cl2N3O3S. The molecule has 1 aromatic heterocycles. The number of methoxy groups -OCH3 is 1. The molecule has 0 spiro atoms. The lowest BCUT2D eigenvalue weighted by atomic mass is 10.1. The van der Waals surface area contributed by atoms with Gasteiger partial charge in [0.05, 0.1) is 11.6 Å². The van der Waals surface area contributed by atoms with Gasteiger partial charge in [-0.3, -0.25) is 4.90 Å². The molecule has 1 aliphatic rings. The molecule has 0 amide bonds. The van der Waals surface area contributed by atoms with Gasteiger partial charge in [-0.15, -0.1) is 0 Å². The number of nitrogens with zero attached hydrogens (tertiary/aromatic N) is 3. The van der Waals surface area contributed by atoms with Crippen molar-refractivity contribution in [3.8, 4) is 0 Å². The van der Waals surface area contributed by atoms with Crippen LogP contribution in [0.5, 0.6) is 0 Å². The minimum Gasteiger partial charge on any atom is -0.383 e. The van der Waals surface area contributed by atoms with Crippen LogP contribution in [-0.4, -0.2) is 68.0 Å². The topological polar surface area (TPSA) is 62.7 Å². The average Bonchev–Trinajstić information content (AvgIpc) is 2.49. The van der Waals surface area contributed by atoms with Crippen LogP contribution >= 0.6 is 23.2 Å². The molecule has 2 unspecified atom stereocenters. The summed E-state index contributed by atoms with van der Waals surface area (Å²) in [6, 6.07) is 1.54. The van der Waals surface area contributed by atoms with Gasteiger partial charge in [0.15, 0.2) is 0 Å². The first-order valence-corrected chi connectivity index (χ1v) is 9.53. The van der Waals surface area contributed by atoms with Gasteiger partial charge in [-0.2, -0.15) is 4.31 Å². The highest BCUT2D eigenvalue weighted by Crippen LogP contribution is 2.26. The van der Waals surface area contributed by atoms with Crippen molar-refractivity contribution in [2.75, 3.05) is 33.4 Å². The Balaban J connectivity index is 2.20. The minimum atomic E-state index is -3.64. The smallest absolute Gasteiger partial charge is 0.244 e. The summed E-state index contributed by atoms with van der Waals surface area (Å²) < 4.78 is 32.2. The maximum absolute atomic E-state index is 12.8. The number of aromatic nitrogens is 1. The summed E-state index contributed by atoms with van der Waals surface area (Å²) in [4.78, 5) is 6.15. The van der Waals surface area contributed by atoms with Crippen LogP contribution in [0.3, 0.4) is 0 Å². The Bertz CT molecular complexity index is 645. The first-order chi connectivity index (χ1) is 10.8. The van der Waals surface area contributed by atoms with Crippen LogP contribution in [0.1, 0.15) is 13.8 Å². The van der Waals surface area contributed by atoms with Gasteiger partial charge in [-0.05, 0) is 19.9 Å². The van der Waals surface area contributed by atoms with Crippen LogP contribution in [0.2, 0.25) is 10.2 Å². The Morgan fingerprint density at radius 3 is 2.43 bits per heavy atom. The second-order valence-corrected chi connectivity index (χ2v) is 8.40. The van der Waals surface area contributed by atoms with E-state index in [2.05, 4.69) is 9.88 Å². The van der Waals surface area contributed by atoms with Gasteiger partial charge in [0, 0.05) is 45.0 Å². The van der Waals surface area contributed by atoms with Crippen LogP contribution in [0.4, 0.5) is 0 Å². The van der Waals surface area contributed by atoms with Crippen LogP contribution in [0.15, 0.2) is 17.2 Å². The lowest BCUT2D eigenvalue weighted by Crippen LogP contribution is -2.58. The van der Waals surface area contributed by atoms with Gasteiger partial charge in [0.25, 0.3) is 0 Å². The second kappa shape index (κ2) is 7.63. The molecule has 0 radical (unpaired) electrons. The quantitative estimate of drug-likeness (QED) is 0.730. The predicted octanol–water partition coefficient (Wildman–Crippen LogP) is 2.12. The maximum Gasteiger partial charge on any atom is 0.244 e. The molecule has 2 atom stereocenters. The molecule has 23 heavy (non-hydrogen) atoms. The first kappa shape index (κ1) is 18.9. The fourth-order valence-corrected chi connectivity index (χ4v) is 4.74. The van der Waals surface area contributed by atoms with E-state index in [9.17, 15) is 8.42 Å². The lowest BCUT2D eigenvalue weighted by Gasteiger charge is -2.43. The van der Waals surface area contributed by atoms with Crippen LogP contribution in [0.25, 0.3) is 0 Å². The number of rotatable bonds is 5. The summed E-state index contributed by atoms with van der Waals surface area (Å²) in [6.45, 7) is 6.26. The molecule has 0 saturated carbocycles. The summed E-state index contributed by atoms with van der Waals surface area (Å²) in [5, 5.41) is 0.226. The van der Waals surface area contributed by atoms with Crippen molar-refractivity contribution < 1.29 is 13.2 Å². The fraction of sp³-hybridized carbons (Fsp3) is 0.643. The van der Waals surface area contributed by atoms with Crippen molar-refractivity contribution in [3.63, 3.8) is 0 Å². The molecule has 1 saturated heterocycles. The largest absolute Gasteiger partial charge is 0.383 e.